The molecule has 5 aliphatic carbocycles. The van der Waals surface area contributed by atoms with Gasteiger partial charge in [-0.25, -0.2) is 8.42 Å². The number of allylic oxidation sites excluding steroid dienone is 1. The summed E-state index contributed by atoms with van der Waals surface area (Å²) >= 11 is 0. The molecule has 7 heteroatoms. The van der Waals surface area contributed by atoms with Gasteiger partial charge < -0.3 is 10.4 Å². The van der Waals surface area contributed by atoms with E-state index >= 15 is 0 Å². The van der Waals surface area contributed by atoms with E-state index in [2.05, 4.69) is 58.3 Å². The standard InChI is InChI=1S/C39H69N3O3S/c1-28(2)29-12-18-39(15-9-21-40-22-23-41-24-26-42(27-25-41)46(8,44)45)20-19-37(6)30(34(29)39)10-11-32-36(5)16-14-33(43)35(3,4)31(36)13-17-38(32,37)7/h29-34,40,43H,1,9-27H2,2-8H3/t29-,30+,31-,32+,33-,34+,36-,37+,38+,39+/m0/s1. The zero-order valence-electron chi connectivity index (χ0n) is 30.7. The van der Waals surface area contributed by atoms with Crippen molar-refractivity contribution in [1.29, 1.82) is 0 Å². The third-order valence-electron chi connectivity index (χ3n) is 16.7. The molecular formula is C39H69N3O3S. The Kier molecular flexibility index (Phi) is 9.52. The van der Waals surface area contributed by atoms with E-state index in [9.17, 15) is 13.5 Å². The minimum atomic E-state index is -3.07. The molecule has 5 saturated carbocycles. The molecule has 1 saturated heterocycles. The average Bonchev–Trinajstić information content (AvgIpc) is 3.37. The first kappa shape index (κ1) is 35.4. The van der Waals surface area contributed by atoms with E-state index in [1.54, 1.807) is 4.31 Å². The highest BCUT2D eigenvalue weighted by Gasteiger charge is 2.70. The molecule has 264 valence electrons. The number of hydrogen-bond acceptors (Lipinski definition) is 5. The number of nitrogens with zero attached hydrogens (tertiary/aromatic N) is 2. The fourth-order valence-corrected chi connectivity index (χ4v) is 14.7. The van der Waals surface area contributed by atoms with Gasteiger partial charge in [0.2, 0.25) is 10.0 Å². The second kappa shape index (κ2) is 12.4. The van der Waals surface area contributed by atoms with Gasteiger partial charge in [-0.15, -0.1) is 0 Å². The molecule has 6 rings (SSSR count). The summed E-state index contributed by atoms with van der Waals surface area (Å²) in [6.45, 7) is 25.8. The van der Waals surface area contributed by atoms with Crippen molar-refractivity contribution < 1.29 is 13.5 Å². The molecule has 0 aromatic carbocycles. The van der Waals surface area contributed by atoms with Crippen molar-refractivity contribution in [3.63, 3.8) is 0 Å². The molecule has 0 spiro atoms. The molecule has 0 amide bonds. The lowest BCUT2D eigenvalue weighted by Crippen LogP contribution is -2.66. The number of aliphatic hydroxyl groups is 1. The number of rotatable bonds is 9. The monoisotopic (exact) mass is 660 g/mol. The fourth-order valence-electron chi connectivity index (χ4n) is 13.9. The number of aliphatic hydroxyl groups excluding tert-OH is 1. The summed E-state index contributed by atoms with van der Waals surface area (Å²) in [5.74, 6) is 3.65. The van der Waals surface area contributed by atoms with Gasteiger partial charge in [-0.2, -0.15) is 4.31 Å². The van der Waals surface area contributed by atoms with Crippen LogP contribution < -0.4 is 5.32 Å². The summed E-state index contributed by atoms with van der Waals surface area (Å²) in [6, 6.07) is 0. The van der Waals surface area contributed by atoms with Crippen molar-refractivity contribution >= 4 is 10.0 Å². The molecule has 1 aliphatic heterocycles. The fraction of sp³-hybridized carbons (Fsp3) is 0.949. The Balaban J connectivity index is 1.11. The lowest BCUT2D eigenvalue weighted by molar-refractivity contribution is -0.248. The molecule has 46 heavy (non-hydrogen) atoms. The van der Waals surface area contributed by atoms with Gasteiger partial charge in [0.1, 0.15) is 0 Å². The topological polar surface area (TPSA) is 72.9 Å². The SMILES string of the molecule is C=C(C)[C@@H]1CC[C@]2(CCCNCCN3CCN(S(C)(=O)=O)CC3)CC[C@]3(C)[C@H](CC[C@@H]4[C@@]5(C)CC[C@H](O)C(C)(C)[C@@H]5CC[C@]43C)[C@@H]12. The molecule has 6 aliphatic rings. The molecule has 10 atom stereocenters. The van der Waals surface area contributed by atoms with E-state index in [-0.39, 0.29) is 11.5 Å². The first-order chi connectivity index (χ1) is 21.5. The molecule has 6 fully saturated rings. The van der Waals surface area contributed by atoms with Gasteiger partial charge in [-0.05, 0) is 147 Å². The lowest BCUT2D eigenvalue weighted by atomic mass is 9.32. The molecule has 0 aromatic rings. The summed E-state index contributed by atoms with van der Waals surface area (Å²) in [5, 5.41) is 14.8. The van der Waals surface area contributed by atoms with E-state index < -0.39 is 10.0 Å². The normalized spacial score (nSPS) is 46.2. The smallest absolute Gasteiger partial charge is 0.211 e. The van der Waals surface area contributed by atoms with Crippen molar-refractivity contribution in [2.45, 2.75) is 125 Å². The van der Waals surface area contributed by atoms with Crippen molar-refractivity contribution in [2.24, 2.45) is 56.7 Å². The van der Waals surface area contributed by atoms with Crippen LogP contribution in [-0.2, 0) is 10.0 Å². The summed E-state index contributed by atoms with van der Waals surface area (Å²) in [5.41, 5.74) is 3.03. The molecule has 0 unspecified atom stereocenters. The highest BCUT2D eigenvalue weighted by atomic mass is 32.2. The average molecular weight is 660 g/mol. The third-order valence-corrected chi connectivity index (χ3v) is 18.0. The molecule has 0 radical (unpaired) electrons. The van der Waals surface area contributed by atoms with E-state index in [1.807, 2.05) is 0 Å². The van der Waals surface area contributed by atoms with Crippen LogP contribution in [0.1, 0.15) is 119 Å². The van der Waals surface area contributed by atoms with Crippen molar-refractivity contribution in [3.8, 4) is 0 Å². The van der Waals surface area contributed by atoms with Crippen molar-refractivity contribution in [2.75, 3.05) is 52.1 Å². The predicted molar refractivity (Wildman–Crippen MR) is 190 cm³/mol. The molecule has 6 nitrogen and oxygen atoms in total. The van der Waals surface area contributed by atoms with Crippen molar-refractivity contribution in [3.05, 3.63) is 12.2 Å². The number of fused-ring (bicyclic) bond motifs is 7. The Labute approximate surface area is 283 Å². The van der Waals surface area contributed by atoms with Gasteiger partial charge in [0.25, 0.3) is 0 Å². The molecule has 2 N–H and O–H groups in total. The van der Waals surface area contributed by atoms with Gasteiger partial charge in [0.05, 0.1) is 12.4 Å². The predicted octanol–water partition coefficient (Wildman–Crippen LogP) is 6.95. The van der Waals surface area contributed by atoms with Crippen LogP contribution in [0.5, 0.6) is 0 Å². The molecule has 0 aromatic heterocycles. The van der Waals surface area contributed by atoms with E-state index in [1.165, 1.54) is 82.5 Å². The molecule has 1 heterocycles. The van der Waals surface area contributed by atoms with Crippen molar-refractivity contribution in [1.82, 2.24) is 14.5 Å². The quantitative estimate of drug-likeness (QED) is 0.207. The van der Waals surface area contributed by atoms with Crippen LogP contribution in [0.25, 0.3) is 0 Å². The maximum Gasteiger partial charge on any atom is 0.211 e. The largest absolute Gasteiger partial charge is 0.393 e. The molecular weight excluding hydrogens is 591 g/mol. The van der Waals surface area contributed by atoms with Crippen LogP contribution in [0.4, 0.5) is 0 Å². The number of hydrogen-bond donors (Lipinski definition) is 2. The van der Waals surface area contributed by atoms with E-state index in [4.69, 9.17) is 0 Å². The number of nitrogens with one attached hydrogen (secondary N) is 1. The van der Waals surface area contributed by atoms with Crippen LogP contribution in [0.3, 0.4) is 0 Å². The second-order valence-electron chi connectivity index (χ2n) is 18.8. The first-order valence-electron chi connectivity index (χ1n) is 19.2. The minimum Gasteiger partial charge on any atom is -0.393 e. The van der Waals surface area contributed by atoms with E-state index in [0.29, 0.717) is 46.6 Å². The highest BCUT2D eigenvalue weighted by molar-refractivity contribution is 7.88. The second-order valence-corrected chi connectivity index (χ2v) is 20.8. The Bertz CT molecular complexity index is 1240. The summed E-state index contributed by atoms with van der Waals surface area (Å²) in [4.78, 5) is 2.40. The molecule has 0 bridgehead atoms. The van der Waals surface area contributed by atoms with Gasteiger partial charge >= 0.3 is 0 Å². The van der Waals surface area contributed by atoms with Gasteiger partial charge in [-0.1, -0.05) is 46.8 Å². The van der Waals surface area contributed by atoms with Gasteiger partial charge in [-0.3, -0.25) is 4.90 Å². The van der Waals surface area contributed by atoms with E-state index in [0.717, 1.165) is 56.9 Å². The Morgan fingerprint density at radius 1 is 0.848 bits per heavy atom. The summed E-state index contributed by atoms with van der Waals surface area (Å²) in [7, 11) is -3.07. The van der Waals surface area contributed by atoms with Gasteiger partial charge in [0, 0.05) is 39.3 Å². The van der Waals surface area contributed by atoms with Crippen LogP contribution in [0.2, 0.25) is 0 Å². The maximum atomic E-state index is 11.8. The Hall–Kier alpha value is -0.470. The summed E-state index contributed by atoms with van der Waals surface area (Å²) in [6.07, 6.45) is 16.9. The van der Waals surface area contributed by atoms with Crippen LogP contribution >= 0.6 is 0 Å². The summed E-state index contributed by atoms with van der Waals surface area (Å²) < 4.78 is 25.3. The highest BCUT2D eigenvalue weighted by Crippen LogP contribution is 2.77. The lowest BCUT2D eigenvalue weighted by Gasteiger charge is -2.73. The zero-order valence-corrected chi connectivity index (χ0v) is 31.5. The Morgan fingerprint density at radius 2 is 1.57 bits per heavy atom. The third kappa shape index (κ3) is 5.60. The van der Waals surface area contributed by atoms with Gasteiger partial charge in [0.15, 0.2) is 0 Å². The van der Waals surface area contributed by atoms with Crippen LogP contribution in [-0.4, -0.2) is 80.9 Å². The maximum absolute atomic E-state index is 11.8. The van der Waals surface area contributed by atoms with Crippen LogP contribution in [0, 0.1) is 56.7 Å². The number of sulfonamides is 1. The first-order valence-corrected chi connectivity index (χ1v) is 21.1. The number of piperazine rings is 1. The Morgan fingerprint density at radius 3 is 2.24 bits per heavy atom. The minimum absolute atomic E-state index is 0.0194. The zero-order chi connectivity index (χ0) is 33.3. The van der Waals surface area contributed by atoms with Crippen LogP contribution in [0.15, 0.2) is 12.2 Å².